The monoisotopic (exact) mass is 464 g/mol. The van der Waals surface area contributed by atoms with Crippen molar-refractivity contribution in [2.45, 2.75) is 90.5 Å². The Morgan fingerprint density at radius 3 is 2.33 bits per heavy atom. The molecular weight excluding hydrogens is 428 g/mol. The zero-order chi connectivity index (χ0) is 24.7. The Balaban J connectivity index is 1.97. The first-order valence-corrected chi connectivity index (χ1v) is 11.7. The number of rotatable bonds is 9. The fraction of sp³-hybridized carbons (Fsp3) is 0.680. The van der Waals surface area contributed by atoms with Crippen molar-refractivity contribution in [2.24, 2.45) is 17.8 Å². The molecule has 1 spiro atoms. The highest BCUT2D eigenvalue weighted by atomic mass is 16.7. The summed E-state index contributed by atoms with van der Waals surface area (Å²) in [5, 5.41) is 42.5. The van der Waals surface area contributed by atoms with Crippen LogP contribution < -0.4 is 0 Å². The smallest absolute Gasteiger partial charge is 0.189 e. The minimum atomic E-state index is -1.38. The van der Waals surface area contributed by atoms with Crippen molar-refractivity contribution in [1.29, 1.82) is 0 Å². The number of carbonyl (C=O) groups excluding carboxylic acids is 2. The van der Waals surface area contributed by atoms with Gasteiger partial charge < -0.3 is 29.9 Å². The lowest BCUT2D eigenvalue weighted by Gasteiger charge is -2.39. The third-order valence-electron chi connectivity index (χ3n) is 6.74. The van der Waals surface area contributed by atoms with Gasteiger partial charge in [0, 0.05) is 12.3 Å². The molecule has 184 valence electrons. The highest BCUT2D eigenvalue weighted by molar-refractivity contribution is 6.04. The first-order valence-electron chi connectivity index (χ1n) is 11.7. The lowest BCUT2D eigenvalue weighted by molar-refractivity contribution is -0.239. The van der Waals surface area contributed by atoms with Crippen LogP contribution in [0, 0.1) is 17.8 Å². The predicted octanol–water partition coefficient (Wildman–Crippen LogP) is 2.97. The predicted molar refractivity (Wildman–Crippen MR) is 120 cm³/mol. The van der Waals surface area contributed by atoms with Crippen LogP contribution in [0.15, 0.2) is 6.07 Å². The van der Waals surface area contributed by atoms with Gasteiger partial charge in [0.1, 0.15) is 11.5 Å². The van der Waals surface area contributed by atoms with Gasteiger partial charge in [-0.1, -0.05) is 34.6 Å². The summed E-state index contributed by atoms with van der Waals surface area (Å²) in [6, 6.07) is 1.43. The number of aromatic hydroxyl groups is 2. The second kappa shape index (κ2) is 9.70. The molecule has 33 heavy (non-hydrogen) atoms. The van der Waals surface area contributed by atoms with Gasteiger partial charge in [-0.3, -0.25) is 9.59 Å². The molecule has 8 nitrogen and oxygen atoms in total. The molecule has 4 N–H and O–H groups in total. The van der Waals surface area contributed by atoms with E-state index in [1.807, 2.05) is 34.6 Å². The average molecular weight is 465 g/mol. The normalized spacial score (nSPS) is 30.1. The molecule has 0 radical (unpaired) electrons. The van der Waals surface area contributed by atoms with E-state index < -0.39 is 41.5 Å². The van der Waals surface area contributed by atoms with Gasteiger partial charge in [0.25, 0.3) is 0 Å². The molecule has 0 aromatic heterocycles. The summed E-state index contributed by atoms with van der Waals surface area (Å²) in [6.07, 6.45) is -1.66. The Hall–Kier alpha value is -2.00. The van der Waals surface area contributed by atoms with E-state index in [4.69, 9.17) is 9.47 Å². The first-order chi connectivity index (χ1) is 15.5. The molecule has 2 aliphatic rings. The van der Waals surface area contributed by atoms with E-state index in [9.17, 15) is 30.0 Å². The molecular formula is C25H36O8. The van der Waals surface area contributed by atoms with Gasteiger partial charge >= 0.3 is 0 Å². The highest BCUT2D eigenvalue weighted by Gasteiger charge is 2.68. The molecule has 1 aromatic carbocycles. The second-order valence-corrected chi connectivity index (χ2v) is 10.2. The maximum Gasteiger partial charge on any atom is 0.189 e. The van der Waals surface area contributed by atoms with Gasteiger partial charge in [-0.25, -0.2) is 0 Å². The summed E-state index contributed by atoms with van der Waals surface area (Å²) in [5.74, 6) is -1.92. The number of phenolic OH excluding ortho intramolecular Hbond substituents is 2. The molecule has 8 heteroatoms. The third kappa shape index (κ3) is 4.67. The van der Waals surface area contributed by atoms with E-state index in [0.717, 1.165) is 0 Å². The summed E-state index contributed by atoms with van der Waals surface area (Å²) < 4.78 is 11.4. The van der Waals surface area contributed by atoms with Crippen molar-refractivity contribution in [1.82, 2.24) is 0 Å². The molecule has 2 aliphatic heterocycles. The second-order valence-electron chi connectivity index (χ2n) is 10.2. The third-order valence-corrected chi connectivity index (χ3v) is 6.74. The molecule has 1 unspecified atom stereocenters. The van der Waals surface area contributed by atoms with Crippen molar-refractivity contribution in [3.63, 3.8) is 0 Å². The average Bonchev–Trinajstić information content (AvgIpc) is 3.48. The molecule has 0 amide bonds. The number of epoxide rings is 1. The number of aldehydes is 1. The molecule has 2 saturated heterocycles. The topological polar surface area (TPSA) is 137 Å². The molecule has 1 aromatic rings. The standard InChI is InChI=1S/C25H36O8/c1-6-20-25(33-20)19(27)10-18(32-24(25)31)15(8-13(4)5)22(29)16-9-14(7-12(2)3)21(28)17(11-26)23(16)30/h9,11-13,15,18-20,24,27-28,30-31H,6-8,10H2,1-5H3/t15?,18-,19-,20+,24-,25-/m1/s1. The summed E-state index contributed by atoms with van der Waals surface area (Å²) in [7, 11) is 0. The Morgan fingerprint density at radius 1 is 1.18 bits per heavy atom. The highest BCUT2D eigenvalue weighted by Crippen LogP contribution is 2.50. The maximum absolute atomic E-state index is 13.7. The lowest BCUT2D eigenvalue weighted by atomic mass is 9.78. The fourth-order valence-electron chi connectivity index (χ4n) is 5.05. The van der Waals surface area contributed by atoms with Crippen LogP contribution in [0.25, 0.3) is 0 Å². The summed E-state index contributed by atoms with van der Waals surface area (Å²) in [5.41, 5.74) is -1.15. The van der Waals surface area contributed by atoms with E-state index in [0.29, 0.717) is 31.1 Å². The number of Topliss-reactive ketones (excluding diaryl/α,β-unsaturated/α-hetero) is 1. The van der Waals surface area contributed by atoms with Crippen molar-refractivity contribution in [3.8, 4) is 11.5 Å². The minimum Gasteiger partial charge on any atom is -0.507 e. The Morgan fingerprint density at radius 2 is 1.85 bits per heavy atom. The van der Waals surface area contributed by atoms with Crippen molar-refractivity contribution in [3.05, 3.63) is 22.8 Å². The van der Waals surface area contributed by atoms with Crippen LogP contribution in [0.5, 0.6) is 11.5 Å². The number of hydrogen-bond acceptors (Lipinski definition) is 8. The van der Waals surface area contributed by atoms with E-state index in [1.165, 1.54) is 6.07 Å². The van der Waals surface area contributed by atoms with Crippen molar-refractivity contribution in [2.75, 3.05) is 0 Å². The van der Waals surface area contributed by atoms with Gasteiger partial charge in [-0.05, 0) is 42.7 Å². The molecule has 6 atom stereocenters. The number of aliphatic hydroxyl groups is 2. The van der Waals surface area contributed by atoms with Gasteiger partial charge in [0.05, 0.1) is 29.4 Å². The lowest BCUT2D eigenvalue weighted by Crippen LogP contribution is -2.55. The Kier molecular flexibility index (Phi) is 7.53. The zero-order valence-corrected chi connectivity index (χ0v) is 19.9. The van der Waals surface area contributed by atoms with Gasteiger partial charge in [-0.15, -0.1) is 0 Å². The molecule has 0 aliphatic carbocycles. The number of ether oxygens (including phenoxy) is 2. The van der Waals surface area contributed by atoms with E-state index >= 15 is 0 Å². The number of aliphatic hydroxyl groups excluding tert-OH is 2. The van der Waals surface area contributed by atoms with Crippen molar-refractivity contribution >= 4 is 12.1 Å². The molecule has 0 saturated carbocycles. The molecule has 2 fully saturated rings. The quantitative estimate of drug-likeness (QED) is 0.249. The van der Waals surface area contributed by atoms with Crippen LogP contribution >= 0.6 is 0 Å². The van der Waals surface area contributed by atoms with Gasteiger partial charge in [-0.2, -0.15) is 0 Å². The van der Waals surface area contributed by atoms with Crippen LogP contribution in [-0.2, 0) is 15.9 Å². The number of carbonyl (C=O) groups is 2. The SMILES string of the molecule is CC[C@@H]1O[C@]12[C@H](O)C[C@H](C(CC(C)C)C(=O)c1cc(CC(C)C)c(O)c(C=O)c1O)O[C@H]2O. The number of hydrogen-bond donors (Lipinski definition) is 4. The Bertz CT molecular complexity index is 881. The van der Waals surface area contributed by atoms with E-state index in [2.05, 4.69) is 0 Å². The number of ketones is 1. The molecule has 3 rings (SSSR count). The number of phenols is 2. The van der Waals surface area contributed by atoms with Crippen LogP contribution in [0.2, 0.25) is 0 Å². The first kappa shape index (κ1) is 25.6. The Labute approximate surface area is 194 Å². The van der Waals surface area contributed by atoms with Crippen LogP contribution in [-0.4, -0.2) is 62.7 Å². The van der Waals surface area contributed by atoms with Gasteiger partial charge in [0.2, 0.25) is 0 Å². The summed E-state index contributed by atoms with van der Waals surface area (Å²) in [6.45, 7) is 9.64. The molecule has 2 heterocycles. The van der Waals surface area contributed by atoms with Gasteiger partial charge in [0.15, 0.2) is 24.0 Å². The fourth-order valence-corrected chi connectivity index (χ4v) is 5.05. The number of benzene rings is 1. The summed E-state index contributed by atoms with van der Waals surface area (Å²) in [4.78, 5) is 25.3. The zero-order valence-electron chi connectivity index (χ0n) is 19.9. The largest absolute Gasteiger partial charge is 0.507 e. The van der Waals surface area contributed by atoms with Crippen LogP contribution in [0.4, 0.5) is 0 Å². The van der Waals surface area contributed by atoms with Crippen molar-refractivity contribution < 1.29 is 39.5 Å². The van der Waals surface area contributed by atoms with Crippen LogP contribution in [0.3, 0.4) is 0 Å². The molecule has 0 bridgehead atoms. The summed E-state index contributed by atoms with van der Waals surface area (Å²) >= 11 is 0. The van der Waals surface area contributed by atoms with Crippen LogP contribution in [0.1, 0.15) is 80.2 Å². The van der Waals surface area contributed by atoms with E-state index in [1.54, 1.807) is 0 Å². The maximum atomic E-state index is 13.7. The minimum absolute atomic E-state index is 0.0711. The van der Waals surface area contributed by atoms with E-state index in [-0.39, 0.29) is 41.2 Å².